The number of carbonyl (C=O) groups excluding carboxylic acids is 1. The first-order valence-corrected chi connectivity index (χ1v) is 5.42. The van der Waals surface area contributed by atoms with Crippen molar-refractivity contribution < 1.29 is 9.53 Å². The van der Waals surface area contributed by atoms with E-state index in [1.54, 1.807) is 10.9 Å². The molecule has 0 aliphatic carbocycles. The van der Waals surface area contributed by atoms with Crippen LogP contribution in [0.5, 0.6) is 0 Å². The maximum atomic E-state index is 11.6. The summed E-state index contributed by atoms with van der Waals surface area (Å²) in [6.45, 7) is 3.13. The summed E-state index contributed by atoms with van der Waals surface area (Å²) in [6, 6.07) is 1.64. The largest absolute Gasteiger partial charge is 0.378 e. The smallest absolute Gasteiger partial charge is 0.239 e. The zero-order valence-electron chi connectivity index (χ0n) is 9.46. The Morgan fingerprint density at radius 2 is 2.53 bits per heavy atom. The van der Waals surface area contributed by atoms with E-state index in [0.29, 0.717) is 26.3 Å². The highest BCUT2D eigenvalue weighted by Gasteiger charge is 2.20. The molecule has 1 aromatic rings. The molecule has 1 aliphatic rings. The summed E-state index contributed by atoms with van der Waals surface area (Å²) in [4.78, 5) is 11.6. The summed E-state index contributed by atoms with van der Waals surface area (Å²) >= 11 is 0. The van der Waals surface area contributed by atoms with Gasteiger partial charge in [-0.1, -0.05) is 0 Å². The van der Waals surface area contributed by atoms with Gasteiger partial charge in [-0.25, -0.2) is 0 Å². The van der Waals surface area contributed by atoms with Crippen LogP contribution in [0.3, 0.4) is 0 Å². The van der Waals surface area contributed by atoms with E-state index in [-0.39, 0.29) is 24.4 Å². The normalized spacial score (nSPS) is 19.4. The number of rotatable bonds is 4. The molecule has 0 bridgehead atoms. The molecular formula is C10H17ClN4O2. The minimum Gasteiger partial charge on any atom is -0.378 e. The van der Waals surface area contributed by atoms with Crippen molar-refractivity contribution in [1.82, 2.24) is 20.4 Å². The van der Waals surface area contributed by atoms with Crippen molar-refractivity contribution in [2.45, 2.75) is 12.6 Å². The maximum absolute atomic E-state index is 11.6. The third-order valence-electron chi connectivity index (χ3n) is 2.44. The molecule has 1 aliphatic heterocycles. The highest BCUT2D eigenvalue weighted by atomic mass is 35.5. The molecule has 0 radical (unpaired) electrons. The van der Waals surface area contributed by atoms with E-state index in [9.17, 15) is 4.79 Å². The van der Waals surface area contributed by atoms with Gasteiger partial charge in [-0.2, -0.15) is 5.10 Å². The maximum Gasteiger partial charge on any atom is 0.239 e. The van der Waals surface area contributed by atoms with Crippen molar-refractivity contribution in [3.63, 3.8) is 0 Å². The fourth-order valence-corrected chi connectivity index (χ4v) is 1.58. The molecule has 7 heteroatoms. The van der Waals surface area contributed by atoms with E-state index in [2.05, 4.69) is 15.7 Å². The number of nitrogens with one attached hydrogen (secondary N) is 2. The standard InChI is InChI=1S/C10H16N4O2.ClH/c15-10(9-8-16-7-4-11-9)12-3-6-14-5-1-2-13-14;/h1-2,5,9,11H,3-4,6-8H2,(H,12,15);1H. The van der Waals surface area contributed by atoms with Gasteiger partial charge < -0.3 is 15.4 Å². The second kappa shape index (κ2) is 7.26. The lowest BCUT2D eigenvalue weighted by Gasteiger charge is -2.22. The van der Waals surface area contributed by atoms with Crippen molar-refractivity contribution in [2.24, 2.45) is 0 Å². The molecule has 96 valence electrons. The second-order valence-corrected chi connectivity index (χ2v) is 3.64. The average Bonchev–Trinajstić information content (AvgIpc) is 2.83. The van der Waals surface area contributed by atoms with Crippen LogP contribution in [0.2, 0.25) is 0 Å². The van der Waals surface area contributed by atoms with Gasteiger partial charge in [0, 0.05) is 25.5 Å². The van der Waals surface area contributed by atoms with Gasteiger partial charge >= 0.3 is 0 Å². The Balaban J connectivity index is 0.00000144. The fourth-order valence-electron chi connectivity index (χ4n) is 1.58. The number of nitrogens with zero attached hydrogens (tertiary/aromatic N) is 2. The predicted molar refractivity (Wildman–Crippen MR) is 65.1 cm³/mol. The highest BCUT2D eigenvalue weighted by molar-refractivity contribution is 5.85. The molecule has 17 heavy (non-hydrogen) atoms. The van der Waals surface area contributed by atoms with Gasteiger partial charge in [-0.3, -0.25) is 9.48 Å². The minimum absolute atomic E-state index is 0. The van der Waals surface area contributed by atoms with Gasteiger partial charge in [0.25, 0.3) is 0 Å². The van der Waals surface area contributed by atoms with E-state index in [4.69, 9.17) is 4.74 Å². The first-order valence-electron chi connectivity index (χ1n) is 5.42. The lowest BCUT2D eigenvalue weighted by molar-refractivity contribution is -0.125. The number of morpholine rings is 1. The van der Waals surface area contributed by atoms with Gasteiger partial charge in [0.2, 0.25) is 5.91 Å². The van der Waals surface area contributed by atoms with Gasteiger partial charge in [-0.15, -0.1) is 12.4 Å². The molecule has 0 spiro atoms. The molecule has 1 amide bonds. The molecule has 1 aromatic heterocycles. The summed E-state index contributed by atoms with van der Waals surface area (Å²) in [5.74, 6) is -0.00754. The van der Waals surface area contributed by atoms with Crippen LogP contribution in [-0.2, 0) is 16.1 Å². The van der Waals surface area contributed by atoms with Crippen LogP contribution in [0, 0.1) is 0 Å². The van der Waals surface area contributed by atoms with Gasteiger partial charge in [0.1, 0.15) is 6.04 Å². The van der Waals surface area contributed by atoms with Crippen LogP contribution in [-0.4, -0.2) is 48.0 Å². The van der Waals surface area contributed by atoms with Crippen molar-refractivity contribution in [1.29, 1.82) is 0 Å². The zero-order valence-corrected chi connectivity index (χ0v) is 10.3. The topological polar surface area (TPSA) is 68.2 Å². The zero-order chi connectivity index (χ0) is 11.2. The number of amides is 1. The molecule has 6 nitrogen and oxygen atoms in total. The third-order valence-corrected chi connectivity index (χ3v) is 2.44. The first-order chi connectivity index (χ1) is 7.86. The van der Waals surface area contributed by atoms with Gasteiger partial charge in [0.05, 0.1) is 19.8 Å². The molecule has 1 fully saturated rings. The monoisotopic (exact) mass is 260 g/mol. The van der Waals surface area contributed by atoms with Crippen LogP contribution in [0.15, 0.2) is 18.5 Å². The Labute approximate surface area is 106 Å². The molecule has 0 aromatic carbocycles. The summed E-state index contributed by atoms with van der Waals surface area (Å²) < 4.78 is 7.00. The number of aromatic nitrogens is 2. The van der Waals surface area contributed by atoms with Gasteiger partial charge in [0.15, 0.2) is 0 Å². The number of halogens is 1. The number of hydrogen-bond donors (Lipinski definition) is 2. The van der Waals surface area contributed by atoms with Crippen molar-refractivity contribution in [3.8, 4) is 0 Å². The Morgan fingerprint density at radius 3 is 3.18 bits per heavy atom. The second-order valence-electron chi connectivity index (χ2n) is 3.64. The van der Waals surface area contributed by atoms with E-state index < -0.39 is 0 Å². The summed E-state index contributed by atoms with van der Waals surface area (Å²) in [5.41, 5.74) is 0. The average molecular weight is 261 g/mol. The number of ether oxygens (including phenoxy) is 1. The highest BCUT2D eigenvalue weighted by Crippen LogP contribution is 1.92. The van der Waals surface area contributed by atoms with E-state index in [1.165, 1.54) is 0 Å². The molecule has 2 heterocycles. The Bertz CT molecular complexity index is 325. The Hall–Kier alpha value is -1.11. The van der Waals surface area contributed by atoms with Crippen molar-refractivity contribution in [2.75, 3.05) is 26.3 Å². The predicted octanol–water partition coefficient (Wildman–Crippen LogP) is -0.591. The lowest BCUT2D eigenvalue weighted by atomic mass is 10.2. The van der Waals surface area contributed by atoms with Crippen molar-refractivity contribution >= 4 is 18.3 Å². The number of carbonyl (C=O) groups is 1. The summed E-state index contributed by atoms with van der Waals surface area (Å²) in [7, 11) is 0. The summed E-state index contributed by atoms with van der Waals surface area (Å²) in [5, 5.41) is 10.0. The third kappa shape index (κ3) is 4.33. The minimum atomic E-state index is -0.216. The Morgan fingerprint density at radius 1 is 1.65 bits per heavy atom. The molecular weight excluding hydrogens is 244 g/mol. The van der Waals surface area contributed by atoms with Crippen molar-refractivity contribution in [3.05, 3.63) is 18.5 Å². The lowest BCUT2D eigenvalue weighted by Crippen LogP contribution is -2.51. The van der Waals surface area contributed by atoms with Crippen LogP contribution in [0.1, 0.15) is 0 Å². The molecule has 0 saturated carbocycles. The van der Waals surface area contributed by atoms with Gasteiger partial charge in [-0.05, 0) is 6.07 Å². The Kier molecular flexibility index (Phi) is 5.96. The fraction of sp³-hybridized carbons (Fsp3) is 0.600. The van der Waals surface area contributed by atoms with E-state index in [1.807, 2.05) is 12.3 Å². The summed E-state index contributed by atoms with van der Waals surface area (Å²) in [6.07, 6.45) is 3.59. The first kappa shape index (κ1) is 14.0. The van der Waals surface area contributed by atoms with E-state index in [0.717, 1.165) is 6.54 Å². The number of hydrogen-bond acceptors (Lipinski definition) is 4. The quantitative estimate of drug-likeness (QED) is 0.759. The molecule has 1 unspecified atom stereocenters. The molecule has 2 rings (SSSR count). The van der Waals surface area contributed by atoms with E-state index >= 15 is 0 Å². The van der Waals surface area contributed by atoms with Crippen LogP contribution < -0.4 is 10.6 Å². The molecule has 1 saturated heterocycles. The molecule has 2 N–H and O–H groups in total. The SMILES string of the molecule is Cl.O=C(NCCn1cccn1)C1COCCN1. The van der Waals surface area contributed by atoms with Crippen LogP contribution in [0.4, 0.5) is 0 Å². The van der Waals surface area contributed by atoms with Crippen LogP contribution >= 0.6 is 12.4 Å². The molecule has 1 atom stereocenters. The van der Waals surface area contributed by atoms with Crippen LogP contribution in [0.25, 0.3) is 0 Å².